The van der Waals surface area contributed by atoms with E-state index in [9.17, 15) is 9.59 Å². The lowest BCUT2D eigenvalue weighted by molar-refractivity contribution is 0.0509. The molecule has 2 fully saturated rings. The fourth-order valence-corrected chi connectivity index (χ4v) is 4.07. The van der Waals surface area contributed by atoms with E-state index in [0.29, 0.717) is 29.9 Å². The Labute approximate surface area is 130 Å². The second-order valence-electron chi connectivity index (χ2n) is 6.45. The highest BCUT2D eigenvalue weighted by atomic mass is 16.2. The number of rotatable bonds is 3. The molecular weight excluding hydrogens is 278 g/mol. The van der Waals surface area contributed by atoms with Crippen molar-refractivity contribution in [2.24, 2.45) is 0 Å². The molecule has 0 spiro atoms. The van der Waals surface area contributed by atoms with Gasteiger partial charge in [-0.3, -0.25) is 19.4 Å². The lowest BCUT2D eigenvalue weighted by Gasteiger charge is -2.31. The first-order valence-electron chi connectivity index (χ1n) is 8.18. The maximum absolute atomic E-state index is 12.5. The van der Waals surface area contributed by atoms with Crippen molar-refractivity contribution in [1.82, 2.24) is 15.1 Å². The van der Waals surface area contributed by atoms with Gasteiger partial charge in [0.15, 0.2) is 0 Å². The smallest absolute Gasteiger partial charge is 0.262 e. The molecule has 5 heteroatoms. The van der Waals surface area contributed by atoms with Gasteiger partial charge in [-0.15, -0.1) is 0 Å². The zero-order valence-electron chi connectivity index (χ0n) is 12.6. The van der Waals surface area contributed by atoms with Crippen molar-refractivity contribution >= 4 is 11.8 Å². The average molecular weight is 299 g/mol. The number of imide groups is 1. The molecule has 0 aliphatic carbocycles. The van der Waals surface area contributed by atoms with Crippen LogP contribution >= 0.6 is 0 Å². The van der Waals surface area contributed by atoms with Crippen LogP contribution in [0.25, 0.3) is 0 Å². The maximum Gasteiger partial charge on any atom is 0.262 e. The summed E-state index contributed by atoms with van der Waals surface area (Å²) >= 11 is 0. The Kier molecular flexibility index (Phi) is 3.47. The third-order valence-corrected chi connectivity index (χ3v) is 5.18. The van der Waals surface area contributed by atoms with Crippen LogP contribution in [0.1, 0.15) is 46.4 Å². The van der Waals surface area contributed by atoms with E-state index in [0.717, 1.165) is 25.9 Å². The Morgan fingerprint density at radius 2 is 1.77 bits per heavy atom. The molecule has 3 aliphatic rings. The van der Waals surface area contributed by atoms with E-state index < -0.39 is 0 Å². The van der Waals surface area contributed by atoms with Crippen molar-refractivity contribution in [2.45, 2.75) is 37.8 Å². The zero-order chi connectivity index (χ0) is 15.1. The van der Waals surface area contributed by atoms with Crippen molar-refractivity contribution in [3.63, 3.8) is 0 Å². The molecule has 0 saturated carbocycles. The molecule has 4 rings (SSSR count). The summed E-state index contributed by atoms with van der Waals surface area (Å²) in [6.07, 6.45) is 4.72. The molecule has 1 aromatic rings. The Morgan fingerprint density at radius 1 is 1.05 bits per heavy atom. The minimum absolute atomic E-state index is 0.148. The summed E-state index contributed by atoms with van der Waals surface area (Å²) in [4.78, 5) is 28.7. The minimum Gasteiger partial charge on any atom is -0.312 e. The second-order valence-corrected chi connectivity index (χ2v) is 6.45. The summed E-state index contributed by atoms with van der Waals surface area (Å²) in [5.41, 5.74) is 1.09. The molecule has 3 heterocycles. The first kappa shape index (κ1) is 13.9. The van der Waals surface area contributed by atoms with Crippen molar-refractivity contribution in [1.29, 1.82) is 0 Å². The Bertz CT molecular complexity index is 575. The monoisotopic (exact) mass is 299 g/mol. The van der Waals surface area contributed by atoms with Gasteiger partial charge in [-0.05, 0) is 44.4 Å². The number of carbonyl (C=O) groups is 2. The number of nitrogens with one attached hydrogen (secondary N) is 1. The summed E-state index contributed by atoms with van der Waals surface area (Å²) in [5, 5.41) is 3.56. The quantitative estimate of drug-likeness (QED) is 0.859. The zero-order valence-corrected chi connectivity index (χ0v) is 12.6. The van der Waals surface area contributed by atoms with Gasteiger partial charge < -0.3 is 5.32 Å². The Hall–Kier alpha value is -1.72. The van der Waals surface area contributed by atoms with Crippen LogP contribution < -0.4 is 5.32 Å². The van der Waals surface area contributed by atoms with E-state index in [4.69, 9.17) is 0 Å². The summed E-state index contributed by atoms with van der Waals surface area (Å²) in [5.74, 6) is -0.295. The van der Waals surface area contributed by atoms with Gasteiger partial charge in [-0.25, -0.2) is 0 Å². The number of benzene rings is 1. The van der Waals surface area contributed by atoms with E-state index >= 15 is 0 Å². The van der Waals surface area contributed by atoms with E-state index in [-0.39, 0.29) is 11.8 Å². The van der Waals surface area contributed by atoms with Crippen LogP contribution in [-0.2, 0) is 0 Å². The molecule has 2 amide bonds. The highest BCUT2D eigenvalue weighted by Gasteiger charge is 2.40. The fourth-order valence-electron chi connectivity index (χ4n) is 4.07. The largest absolute Gasteiger partial charge is 0.312 e. The normalized spacial score (nSPS) is 28.6. The molecule has 0 radical (unpaired) electrons. The van der Waals surface area contributed by atoms with Gasteiger partial charge in [0.1, 0.15) is 0 Å². The summed E-state index contributed by atoms with van der Waals surface area (Å²) in [7, 11) is 0. The lowest BCUT2D eigenvalue weighted by Crippen LogP contribution is -2.49. The molecule has 0 bridgehead atoms. The van der Waals surface area contributed by atoms with Crippen LogP contribution in [0, 0.1) is 0 Å². The van der Waals surface area contributed by atoms with E-state index in [1.807, 2.05) is 12.1 Å². The molecule has 2 atom stereocenters. The van der Waals surface area contributed by atoms with Crippen molar-refractivity contribution in [3.8, 4) is 0 Å². The number of nitrogens with zero attached hydrogens (tertiary/aromatic N) is 2. The van der Waals surface area contributed by atoms with Gasteiger partial charge in [0.05, 0.1) is 17.8 Å². The number of hydrogen-bond acceptors (Lipinski definition) is 4. The van der Waals surface area contributed by atoms with E-state index in [1.54, 1.807) is 12.1 Å². The molecule has 2 unspecified atom stereocenters. The topological polar surface area (TPSA) is 52.7 Å². The van der Waals surface area contributed by atoms with Crippen molar-refractivity contribution < 1.29 is 9.59 Å². The molecule has 5 nitrogen and oxygen atoms in total. The predicted molar refractivity (Wildman–Crippen MR) is 82.6 cm³/mol. The molecule has 1 aromatic carbocycles. The molecule has 0 aromatic heterocycles. The first-order chi connectivity index (χ1) is 10.8. The van der Waals surface area contributed by atoms with E-state index in [2.05, 4.69) is 10.2 Å². The van der Waals surface area contributed by atoms with Gasteiger partial charge in [-0.1, -0.05) is 12.1 Å². The Morgan fingerprint density at radius 3 is 2.41 bits per heavy atom. The third-order valence-electron chi connectivity index (χ3n) is 5.18. The number of hydrogen-bond donors (Lipinski definition) is 1. The van der Waals surface area contributed by atoms with Crippen LogP contribution in [0.15, 0.2) is 24.3 Å². The number of carbonyl (C=O) groups excluding carboxylic acids is 2. The predicted octanol–water partition coefficient (Wildman–Crippen LogP) is 1.46. The van der Waals surface area contributed by atoms with Gasteiger partial charge >= 0.3 is 0 Å². The number of likely N-dealkylation sites (tertiary alicyclic amines) is 1. The minimum atomic E-state index is -0.148. The van der Waals surface area contributed by atoms with Crippen LogP contribution in [-0.4, -0.2) is 53.5 Å². The molecule has 1 N–H and O–H groups in total. The van der Waals surface area contributed by atoms with Gasteiger partial charge in [-0.2, -0.15) is 0 Å². The second kappa shape index (κ2) is 5.48. The molecule has 116 valence electrons. The van der Waals surface area contributed by atoms with Crippen LogP contribution in [0.3, 0.4) is 0 Å². The van der Waals surface area contributed by atoms with Crippen molar-refractivity contribution in [2.75, 3.05) is 19.8 Å². The van der Waals surface area contributed by atoms with Gasteiger partial charge in [0.25, 0.3) is 11.8 Å². The third kappa shape index (κ3) is 2.16. The summed E-state index contributed by atoms with van der Waals surface area (Å²) in [6.45, 7) is 2.48. The number of fused-ring (bicyclic) bond motifs is 1. The first-order valence-corrected chi connectivity index (χ1v) is 8.18. The maximum atomic E-state index is 12.5. The molecule has 2 saturated heterocycles. The molecule has 3 aliphatic heterocycles. The van der Waals surface area contributed by atoms with Crippen molar-refractivity contribution in [3.05, 3.63) is 35.4 Å². The average Bonchev–Trinajstić information content (AvgIpc) is 3.25. The molecular formula is C17H21N3O2. The Balaban J connectivity index is 1.52. The highest BCUT2D eigenvalue weighted by molar-refractivity contribution is 6.21. The van der Waals surface area contributed by atoms with Crippen LogP contribution in [0.4, 0.5) is 0 Å². The molecule has 22 heavy (non-hydrogen) atoms. The van der Waals surface area contributed by atoms with Gasteiger partial charge in [0, 0.05) is 18.6 Å². The highest BCUT2D eigenvalue weighted by Crippen LogP contribution is 2.28. The number of amides is 2. The van der Waals surface area contributed by atoms with Crippen LogP contribution in [0.5, 0.6) is 0 Å². The lowest BCUT2D eigenvalue weighted by atomic mass is 10.0. The van der Waals surface area contributed by atoms with Gasteiger partial charge in [0.2, 0.25) is 0 Å². The van der Waals surface area contributed by atoms with E-state index in [1.165, 1.54) is 17.7 Å². The SMILES string of the molecule is O=C1c2ccccc2C(=O)N1CN1CCCC1C1CCCN1. The fraction of sp³-hybridized carbons (Fsp3) is 0.529. The summed E-state index contributed by atoms with van der Waals surface area (Å²) in [6, 6.07) is 8.08. The summed E-state index contributed by atoms with van der Waals surface area (Å²) < 4.78 is 0. The standard InChI is InChI=1S/C17H21N3O2/c21-16-12-5-1-2-6-13(12)17(22)20(16)11-19-10-4-8-15(19)14-7-3-9-18-14/h1-2,5-6,14-15,18H,3-4,7-11H2. The van der Waals surface area contributed by atoms with Crippen LogP contribution in [0.2, 0.25) is 0 Å².